The quantitative estimate of drug-likeness (QED) is 0.669. The Kier molecular flexibility index (Phi) is 6.95. The highest BCUT2D eigenvalue weighted by atomic mass is 35.5. The van der Waals surface area contributed by atoms with Gasteiger partial charge in [-0.2, -0.15) is 0 Å². The minimum Gasteiger partial charge on any atom is -0.444 e. The number of urea groups is 1. The van der Waals surface area contributed by atoms with E-state index in [9.17, 15) is 9.59 Å². The highest BCUT2D eigenvalue weighted by molar-refractivity contribution is 6.33. The minimum absolute atomic E-state index is 0.272. The van der Waals surface area contributed by atoms with Crippen LogP contribution in [0, 0.1) is 6.92 Å². The van der Waals surface area contributed by atoms with Crippen molar-refractivity contribution < 1.29 is 14.3 Å². The molecule has 2 aromatic carbocycles. The van der Waals surface area contributed by atoms with E-state index in [0.717, 1.165) is 24.3 Å². The van der Waals surface area contributed by atoms with Gasteiger partial charge in [0.25, 0.3) is 0 Å². The molecule has 1 aliphatic rings. The molecule has 0 atom stereocenters. The number of amides is 3. The Hall–Kier alpha value is -2.93. The molecule has 8 heteroatoms. The van der Waals surface area contributed by atoms with Crippen molar-refractivity contribution in [2.45, 2.75) is 33.3 Å². The summed E-state index contributed by atoms with van der Waals surface area (Å²) in [7, 11) is 0. The number of ether oxygens (including phenoxy) is 1. The number of nitrogens with one attached hydrogen (secondary N) is 2. The second-order valence-corrected chi connectivity index (χ2v) is 8.97. The van der Waals surface area contributed by atoms with Crippen LogP contribution < -0.4 is 15.5 Å². The van der Waals surface area contributed by atoms with E-state index in [1.54, 1.807) is 11.0 Å². The molecule has 0 unspecified atom stereocenters. The standard InChI is InChI=1S/C23H29ClN4O3/c1-16-5-10-19(24)20(15-16)26-21(29)25-17-6-8-18(9-7-17)27-11-13-28(14-12-27)22(30)31-23(2,3)4/h5-10,15H,11-14H2,1-4H3,(H2,25,26,29). The smallest absolute Gasteiger partial charge is 0.410 e. The SMILES string of the molecule is Cc1ccc(Cl)c(NC(=O)Nc2ccc(N3CCN(C(=O)OC(C)(C)C)CC3)cc2)c1. The first kappa shape index (κ1) is 22.7. The van der Waals surface area contributed by atoms with Crippen LogP contribution >= 0.6 is 11.6 Å². The molecule has 3 rings (SSSR count). The number of anilines is 3. The van der Waals surface area contributed by atoms with E-state index in [4.69, 9.17) is 16.3 Å². The highest BCUT2D eigenvalue weighted by Gasteiger charge is 2.25. The maximum absolute atomic E-state index is 12.3. The van der Waals surface area contributed by atoms with Crippen molar-refractivity contribution in [3.63, 3.8) is 0 Å². The van der Waals surface area contributed by atoms with E-state index in [0.29, 0.717) is 29.5 Å². The Morgan fingerprint density at radius 3 is 2.23 bits per heavy atom. The van der Waals surface area contributed by atoms with Crippen LogP contribution in [0.1, 0.15) is 26.3 Å². The first-order valence-corrected chi connectivity index (χ1v) is 10.7. The molecule has 0 bridgehead atoms. The molecule has 7 nitrogen and oxygen atoms in total. The second kappa shape index (κ2) is 9.47. The average molecular weight is 445 g/mol. The van der Waals surface area contributed by atoms with Crippen molar-refractivity contribution in [3.05, 3.63) is 53.1 Å². The third-order valence-electron chi connectivity index (χ3n) is 4.79. The molecule has 166 valence electrons. The van der Waals surface area contributed by atoms with Gasteiger partial charge in [-0.05, 0) is 69.7 Å². The van der Waals surface area contributed by atoms with Crippen LogP contribution in [0.5, 0.6) is 0 Å². The predicted octanol–water partition coefficient (Wildman–Crippen LogP) is 5.35. The summed E-state index contributed by atoms with van der Waals surface area (Å²) in [5, 5.41) is 6.07. The Labute approximate surface area is 188 Å². The van der Waals surface area contributed by atoms with Crippen molar-refractivity contribution in [1.82, 2.24) is 4.90 Å². The summed E-state index contributed by atoms with van der Waals surface area (Å²) in [6, 6.07) is 12.7. The van der Waals surface area contributed by atoms with Crippen molar-refractivity contribution >= 4 is 40.8 Å². The number of carbonyl (C=O) groups is 2. The van der Waals surface area contributed by atoms with Crippen LogP contribution in [0.25, 0.3) is 0 Å². The normalized spacial score (nSPS) is 14.2. The number of halogens is 1. The van der Waals surface area contributed by atoms with Crippen LogP contribution in [0.4, 0.5) is 26.7 Å². The first-order chi connectivity index (χ1) is 14.6. The highest BCUT2D eigenvalue weighted by Crippen LogP contribution is 2.24. The Morgan fingerprint density at radius 1 is 0.968 bits per heavy atom. The van der Waals surface area contributed by atoms with Crippen molar-refractivity contribution in [2.24, 2.45) is 0 Å². The largest absolute Gasteiger partial charge is 0.444 e. The van der Waals surface area contributed by atoms with E-state index in [1.807, 2.05) is 64.1 Å². The molecule has 0 spiro atoms. The van der Waals surface area contributed by atoms with E-state index < -0.39 is 5.60 Å². The van der Waals surface area contributed by atoms with Gasteiger partial charge in [-0.25, -0.2) is 9.59 Å². The van der Waals surface area contributed by atoms with Crippen LogP contribution in [-0.4, -0.2) is 48.8 Å². The molecule has 0 aromatic heterocycles. The number of rotatable bonds is 3. The molecule has 1 heterocycles. The molecule has 0 aliphatic carbocycles. The number of piperazine rings is 1. The van der Waals surface area contributed by atoms with Crippen LogP contribution in [0.15, 0.2) is 42.5 Å². The molecule has 1 aliphatic heterocycles. The maximum Gasteiger partial charge on any atom is 0.410 e. The fraction of sp³-hybridized carbons (Fsp3) is 0.391. The molecule has 31 heavy (non-hydrogen) atoms. The Balaban J connectivity index is 1.52. The third kappa shape index (κ3) is 6.52. The van der Waals surface area contributed by atoms with Crippen molar-refractivity contribution in [3.8, 4) is 0 Å². The summed E-state index contributed by atoms with van der Waals surface area (Å²) >= 11 is 6.13. The number of nitrogens with zero attached hydrogens (tertiary/aromatic N) is 2. The van der Waals surface area contributed by atoms with Gasteiger partial charge in [-0.3, -0.25) is 0 Å². The molecular formula is C23H29ClN4O3. The van der Waals surface area contributed by atoms with Gasteiger partial charge in [0.15, 0.2) is 0 Å². The van der Waals surface area contributed by atoms with Gasteiger partial charge in [-0.1, -0.05) is 17.7 Å². The maximum atomic E-state index is 12.3. The predicted molar refractivity (Wildman–Crippen MR) is 125 cm³/mol. The molecule has 3 amide bonds. The lowest BCUT2D eigenvalue weighted by Gasteiger charge is -2.36. The number of benzene rings is 2. The average Bonchev–Trinajstić information content (AvgIpc) is 2.70. The summed E-state index contributed by atoms with van der Waals surface area (Å²) in [5.74, 6) is 0. The zero-order valence-corrected chi connectivity index (χ0v) is 19.1. The van der Waals surface area contributed by atoms with Gasteiger partial charge in [0.2, 0.25) is 0 Å². The number of carbonyl (C=O) groups excluding carboxylic acids is 2. The van der Waals surface area contributed by atoms with E-state index >= 15 is 0 Å². The molecule has 0 radical (unpaired) electrons. The van der Waals surface area contributed by atoms with Crippen LogP contribution in [-0.2, 0) is 4.74 Å². The zero-order chi connectivity index (χ0) is 22.6. The molecule has 0 saturated carbocycles. The number of hydrogen-bond donors (Lipinski definition) is 2. The minimum atomic E-state index is -0.492. The Morgan fingerprint density at radius 2 is 1.61 bits per heavy atom. The van der Waals surface area contributed by atoms with Gasteiger partial charge in [0.1, 0.15) is 5.60 Å². The van der Waals surface area contributed by atoms with Crippen LogP contribution in [0.3, 0.4) is 0 Å². The van der Waals surface area contributed by atoms with Gasteiger partial charge >= 0.3 is 12.1 Å². The molecule has 2 aromatic rings. The van der Waals surface area contributed by atoms with E-state index in [-0.39, 0.29) is 12.1 Å². The summed E-state index contributed by atoms with van der Waals surface area (Å²) in [6.07, 6.45) is -0.272. The van der Waals surface area contributed by atoms with Crippen molar-refractivity contribution in [2.75, 3.05) is 41.7 Å². The summed E-state index contributed by atoms with van der Waals surface area (Å²) in [5.41, 5.74) is 2.80. The fourth-order valence-corrected chi connectivity index (χ4v) is 3.41. The van der Waals surface area contributed by atoms with Crippen molar-refractivity contribution in [1.29, 1.82) is 0 Å². The summed E-state index contributed by atoms with van der Waals surface area (Å²) < 4.78 is 5.44. The number of aryl methyl sites for hydroxylation is 1. The molecule has 1 saturated heterocycles. The third-order valence-corrected chi connectivity index (χ3v) is 5.12. The van der Waals surface area contributed by atoms with Gasteiger partial charge in [0, 0.05) is 37.6 Å². The van der Waals surface area contributed by atoms with Gasteiger partial charge in [-0.15, -0.1) is 0 Å². The second-order valence-electron chi connectivity index (χ2n) is 8.56. The summed E-state index contributed by atoms with van der Waals surface area (Å²) in [4.78, 5) is 28.4. The topological polar surface area (TPSA) is 73.9 Å². The van der Waals surface area contributed by atoms with Gasteiger partial charge < -0.3 is 25.2 Å². The molecular weight excluding hydrogens is 416 g/mol. The number of hydrogen-bond acceptors (Lipinski definition) is 4. The van der Waals surface area contributed by atoms with E-state index in [2.05, 4.69) is 15.5 Å². The fourth-order valence-electron chi connectivity index (χ4n) is 3.25. The lowest BCUT2D eigenvalue weighted by atomic mass is 10.2. The molecule has 2 N–H and O–H groups in total. The first-order valence-electron chi connectivity index (χ1n) is 10.3. The van der Waals surface area contributed by atoms with Crippen LogP contribution in [0.2, 0.25) is 5.02 Å². The van der Waals surface area contributed by atoms with Gasteiger partial charge in [0.05, 0.1) is 10.7 Å². The Bertz CT molecular complexity index is 933. The zero-order valence-electron chi connectivity index (χ0n) is 18.4. The monoisotopic (exact) mass is 444 g/mol. The lowest BCUT2D eigenvalue weighted by molar-refractivity contribution is 0.0240. The summed E-state index contributed by atoms with van der Waals surface area (Å²) in [6.45, 7) is 10.2. The lowest BCUT2D eigenvalue weighted by Crippen LogP contribution is -2.50. The molecule has 1 fully saturated rings. The van der Waals surface area contributed by atoms with E-state index in [1.165, 1.54) is 0 Å².